The van der Waals surface area contributed by atoms with Crippen LogP contribution in [0, 0.1) is 0 Å². The van der Waals surface area contributed by atoms with Crippen molar-refractivity contribution in [1.29, 1.82) is 0 Å². The summed E-state index contributed by atoms with van der Waals surface area (Å²) in [7, 11) is 0. The highest BCUT2D eigenvalue weighted by Crippen LogP contribution is 2.26. The van der Waals surface area contributed by atoms with Gasteiger partial charge in [0.1, 0.15) is 5.38 Å². The van der Waals surface area contributed by atoms with Crippen LogP contribution < -0.4 is 0 Å². The van der Waals surface area contributed by atoms with Gasteiger partial charge in [-0.25, -0.2) is 0 Å². The number of carbonyl (C=O) groups excluding carboxylic acids is 1. The Morgan fingerprint density at radius 2 is 2.33 bits per heavy atom. The van der Waals surface area contributed by atoms with Crippen LogP contribution in [0.5, 0.6) is 0 Å². The first kappa shape index (κ1) is 12.7. The third-order valence-corrected chi connectivity index (χ3v) is 2.44. The number of rotatable bonds is 4. The maximum absolute atomic E-state index is 11.2. The molecule has 1 saturated heterocycles. The lowest BCUT2D eigenvalue weighted by atomic mass is 10.2. The molecule has 1 rings (SSSR count). The highest BCUT2D eigenvalue weighted by molar-refractivity contribution is 6.29. The quantitative estimate of drug-likeness (QED) is 0.551. The number of hydrogen-bond donors (Lipinski definition) is 0. The van der Waals surface area contributed by atoms with Crippen LogP contribution in [0.1, 0.15) is 27.2 Å². The van der Waals surface area contributed by atoms with Gasteiger partial charge in [0.15, 0.2) is 5.79 Å². The molecule has 0 saturated carbocycles. The fourth-order valence-electron chi connectivity index (χ4n) is 1.44. The number of esters is 1. The minimum Gasteiger partial charge on any atom is -0.465 e. The van der Waals surface area contributed by atoms with Crippen LogP contribution in [0.2, 0.25) is 0 Å². The van der Waals surface area contributed by atoms with Crippen LogP contribution in [-0.4, -0.2) is 36.5 Å². The van der Waals surface area contributed by atoms with Crippen molar-refractivity contribution in [2.75, 3.05) is 13.2 Å². The van der Waals surface area contributed by atoms with Gasteiger partial charge in [-0.05, 0) is 20.8 Å². The van der Waals surface area contributed by atoms with Crippen molar-refractivity contribution in [2.45, 2.75) is 44.5 Å². The molecule has 0 spiro atoms. The Labute approximate surface area is 94.8 Å². The summed E-state index contributed by atoms with van der Waals surface area (Å²) in [4.78, 5) is 11.2. The number of carbonyl (C=O) groups is 1. The Kier molecular flexibility index (Phi) is 4.37. The van der Waals surface area contributed by atoms with Gasteiger partial charge in [0.05, 0.1) is 19.3 Å². The zero-order chi connectivity index (χ0) is 11.5. The Morgan fingerprint density at radius 3 is 2.80 bits per heavy atom. The maximum Gasteiger partial charge on any atom is 0.324 e. The summed E-state index contributed by atoms with van der Waals surface area (Å²) in [6, 6.07) is 0. The third kappa shape index (κ3) is 3.97. The van der Waals surface area contributed by atoms with E-state index in [2.05, 4.69) is 0 Å². The molecule has 0 radical (unpaired) electrons. The van der Waals surface area contributed by atoms with Gasteiger partial charge in [0.25, 0.3) is 0 Å². The van der Waals surface area contributed by atoms with Gasteiger partial charge in [-0.2, -0.15) is 0 Å². The fraction of sp³-hybridized carbons (Fsp3) is 0.900. The molecular formula is C10H17ClO4. The smallest absolute Gasteiger partial charge is 0.324 e. The van der Waals surface area contributed by atoms with Crippen molar-refractivity contribution in [1.82, 2.24) is 0 Å². The number of alkyl halides is 1. The van der Waals surface area contributed by atoms with E-state index in [1.54, 1.807) is 6.92 Å². The van der Waals surface area contributed by atoms with E-state index in [9.17, 15) is 4.79 Å². The summed E-state index contributed by atoms with van der Waals surface area (Å²) < 4.78 is 15.7. The second-order valence-electron chi connectivity index (χ2n) is 3.91. The van der Waals surface area contributed by atoms with Gasteiger partial charge in [-0.3, -0.25) is 4.79 Å². The zero-order valence-corrected chi connectivity index (χ0v) is 10.0. The van der Waals surface area contributed by atoms with Crippen LogP contribution >= 0.6 is 11.6 Å². The topological polar surface area (TPSA) is 44.8 Å². The van der Waals surface area contributed by atoms with Crippen LogP contribution in [0.25, 0.3) is 0 Å². The first-order chi connectivity index (χ1) is 6.94. The van der Waals surface area contributed by atoms with Crippen molar-refractivity contribution in [3.8, 4) is 0 Å². The number of halogens is 1. The number of ether oxygens (including phenoxy) is 3. The summed E-state index contributed by atoms with van der Waals surface area (Å²) in [6.07, 6.45) is 0.288. The molecule has 15 heavy (non-hydrogen) atoms. The second kappa shape index (κ2) is 5.14. The minimum atomic E-state index is -0.660. The van der Waals surface area contributed by atoms with Gasteiger partial charge in [0.2, 0.25) is 0 Å². The van der Waals surface area contributed by atoms with Gasteiger partial charge in [-0.15, -0.1) is 11.6 Å². The van der Waals surface area contributed by atoms with E-state index in [0.29, 0.717) is 19.6 Å². The molecule has 0 amide bonds. The minimum absolute atomic E-state index is 0.132. The molecule has 1 aliphatic rings. The molecule has 0 aromatic heterocycles. The largest absolute Gasteiger partial charge is 0.465 e. The highest BCUT2D eigenvalue weighted by atomic mass is 35.5. The monoisotopic (exact) mass is 236 g/mol. The normalized spacial score (nSPS) is 26.3. The van der Waals surface area contributed by atoms with Crippen molar-refractivity contribution in [3.05, 3.63) is 0 Å². The molecule has 5 heteroatoms. The average Bonchev–Trinajstić information content (AvgIpc) is 2.46. The van der Waals surface area contributed by atoms with Gasteiger partial charge in [-0.1, -0.05) is 0 Å². The molecule has 2 atom stereocenters. The van der Waals surface area contributed by atoms with E-state index in [1.807, 2.05) is 13.8 Å². The molecule has 0 aromatic rings. The molecule has 0 bridgehead atoms. The molecule has 88 valence electrons. The standard InChI is InChI=1S/C10H17ClO4/c1-4-13-9(12)8(11)5-7-6-14-10(2,3)15-7/h7-8H,4-6H2,1-3H3. The lowest BCUT2D eigenvalue weighted by molar-refractivity contribution is -0.147. The third-order valence-electron chi connectivity index (χ3n) is 2.08. The van der Waals surface area contributed by atoms with Crippen molar-refractivity contribution in [2.24, 2.45) is 0 Å². The van der Waals surface area contributed by atoms with Crippen molar-refractivity contribution in [3.63, 3.8) is 0 Å². The molecule has 2 unspecified atom stereocenters. The molecule has 1 fully saturated rings. The molecular weight excluding hydrogens is 220 g/mol. The van der Waals surface area contributed by atoms with E-state index in [1.165, 1.54) is 0 Å². The zero-order valence-electron chi connectivity index (χ0n) is 9.29. The van der Waals surface area contributed by atoms with Crippen LogP contribution in [-0.2, 0) is 19.0 Å². The summed E-state index contributed by atoms with van der Waals surface area (Å²) >= 11 is 5.87. The SMILES string of the molecule is CCOC(=O)C(Cl)CC1COC(C)(C)O1. The number of hydrogen-bond acceptors (Lipinski definition) is 4. The Balaban J connectivity index is 2.33. The van der Waals surface area contributed by atoms with Gasteiger partial charge < -0.3 is 14.2 Å². The summed E-state index contributed by atoms with van der Waals surface area (Å²) in [5.41, 5.74) is 0. The van der Waals surface area contributed by atoms with E-state index in [4.69, 9.17) is 25.8 Å². The molecule has 1 aliphatic heterocycles. The Morgan fingerprint density at radius 1 is 1.67 bits per heavy atom. The predicted molar refractivity (Wildman–Crippen MR) is 55.8 cm³/mol. The Hall–Kier alpha value is -0.320. The summed E-state index contributed by atoms with van der Waals surface area (Å²) in [6.45, 7) is 6.23. The fourth-order valence-corrected chi connectivity index (χ4v) is 1.70. The summed E-state index contributed by atoms with van der Waals surface area (Å²) in [5, 5.41) is -0.660. The molecule has 0 N–H and O–H groups in total. The van der Waals surface area contributed by atoms with E-state index in [-0.39, 0.29) is 6.10 Å². The molecule has 0 aliphatic carbocycles. The molecule has 1 heterocycles. The molecule has 4 nitrogen and oxygen atoms in total. The average molecular weight is 237 g/mol. The maximum atomic E-state index is 11.2. The molecule has 0 aromatic carbocycles. The van der Waals surface area contributed by atoms with Crippen molar-refractivity contribution < 1.29 is 19.0 Å². The second-order valence-corrected chi connectivity index (χ2v) is 4.43. The first-order valence-electron chi connectivity index (χ1n) is 5.07. The predicted octanol–water partition coefficient (Wildman–Crippen LogP) is 1.70. The van der Waals surface area contributed by atoms with Crippen LogP contribution in [0.3, 0.4) is 0 Å². The van der Waals surface area contributed by atoms with E-state index >= 15 is 0 Å². The lowest BCUT2D eigenvalue weighted by Gasteiger charge is -2.18. The Bertz CT molecular complexity index is 229. The highest BCUT2D eigenvalue weighted by Gasteiger charge is 2.35. The van der Waals surface area contributed by atoms with Gasteiger partial charge >= 0.3 is 5.97 Å². The summed E-state index contributed by atoms with van der Waals surface area (Å²) in [5.74, 6) is -0.969. The van der Waals surface area contributed by atoms with E-state index in [0.717, 1.165) is 0 Å². The first-order valence-corrected chi connectivity index (χ1v) is 5.50. The van der Waals surface area contributed by atoms with Gasteiger partial charge in [0, 0.05) is 6.42 Å². The van der Waals surface area contributed by atoms with Crippen LogP contribution in [0.4, 0.5) is 0 Å². The van der Waals surface area contributed by atoms with Crippen molar-refractivity contribution >= 4 is 17.6 Å². The van der Waals surface area contributed by atoms with Crippen LogP contribution in [0.15, 0.2) is 0 Å². The lowest BCUT2D eigenvalue weighted by Crippen LogP contribution is -2.26. The van der Waals surface area contributed by atoms with E-state index < -0.39 is 17.1 Å².